The van der Waals surface area contributed by atoms with Gasteiger partial charge in [-0.3, -0.25) is 4.79 Å². The molecule has 0 radical (unpaired) electrons. The van der Waals surface area contributed by atoms with Crippen LogP contribution in [0.25, 0.3) is 0 Å². The number of aliphatic hydroxyl groups excluding tert-OH is 2. The Bertz CT molecular complexity index is 546. The lowest BCUT2D eigenvalue weighted by atomic mass is 10.0. The first-order chi connectivity index (χ1) is 9.09. The lowest BCUT2D eigenvalue weighted by molar-refractivity contribution is -0.123. The molecule has 4 nitrogen and oxygen atoms in total. The van der Waals surface area contributed by atoms with Crippen molar-refractivity contribution in [2.24, 2.45) is 0 Å². The zero-order valence-corrected chi connectivity index (χ0v) is 10.1. The molecule has 19 heavy (non-hydrogen) atoms. The highest BCUT2D eigenvalue weighted by atomic mass is 16.5. The van der Waals surface area contributed by atoms with Gasteiger partial charge in [0.05, 0.1) is 0 Å². The molecule has 4 heteroatoms. The average Bonchev–Trinajstić information content (AvgIpc) is 2.46. The van der Waals surface area contributed by atoms with Gasteiger partial charge in [0.25, 0.3) is 0 Å². The largest absolute Gasteiger partial charge is 0.383 e. The summed E-state index contributed by atoms with van der Waals surface area (Å²) in [5, 5.41) is 27.2. The van der Waals surface area contributed by atoms with Crippen LogP contribution in [0.1, 0.15) is 27.6 Å². The molecule has 2 rings (SSSR count). The van der Waals surface area contributed by atoms with Crippen LogP contribution < -0.4 is 0 Å². The monoisotopic (exact) mass is 258 g/mol. The van der Waals surface area contributed by atoms with Gasteiger partial charge in [0.2, 0.25) is 0 Å². The van der Waals surface area contributed by atoms with Gasteiger partial charge in [-0.15, -0.1) is 0 Å². The second-order valence-corrected chi connectivity index (χ2v) is 4.18. The number of hydrogen-bond donors (Lipinski definition) is 3. The molecular formula is C15H14O4. The molecule has 0 aliphatic carbocycles. The Balaban J connectivity index is 2.22. The zero-order valence-electron chi connectivity index (χ0n) is 10.1. The first-order valence-corrected chi connectivity index (χ1v) is 5.83. The van der Waals surface area contributed by atoms with Crippen LogP contribution in [0.4, 0.5) is 0 Å². The van der Waals surface area contributed by atoms with Crippen molar-refractivity contribution in [2.45, 2.75) is 12.4 Å². The van der Waals surface area contributed by atoms with Crippen LogP contribution in [0, 0.1) is 0 Å². The summed E-state index contributed by atoms with van der Waals surface area (Å²) in [5.41, 5.74) is 1.41. The molecule has 0 fully saturated rings. The van der Waals surface area contributed by atoms with E-state index in [4.69, 9.17) is 10.2 Å². The van der Waals surface area contributed by atoms with Crippen molar-refractivity contribution in [1.82, 2.24) is 0 Å². The summed E-state index contributed by atoms with van der Waals surface area (Å²) in [7, 11) is 0. The molecule has 1 unspecified atom stereocenters. The molecule has 0 spiro atoms. The summed E-state index contributed by atoms with van der Waals surface area (Å²) in [6.45, 7) is 0. The molecule has 0 saturated heterocycles. The molecule has 0 aliphatic heterocycles. The maximum absolute atomic E-state index is 12.1. The molecule has 98 valence electrons. The highest BCUT2D eigenvalue weighted by Crippen LogP contribution is 2.17. The molecular weight excluding hydrogens is 244 g/mol. The molecule has 0 heterocycles. The molecule has 0 saturated carbocycles. The Morgan fingerprint density at radius 3 is 1.84 bits per heavy atom. The van der Waals surface area contributed by atoms with Gasteiger partial charge in [0.15, 0.2) is 12.1 Å². The maximum atomic E-state index is 12.1. The number of rotatable bonds is 4. The minimum Gasteiger partial charge on any atom is -0.383 e. The highest BCUT2D eigenvalue weighted by Gasteiger charge is 2.16. The third-order valence-corrected chi connectivity index (χ3v) is 2.83. The van der Waals surface area contributed by atoms with Crippen molar-refractivity contribution in [1.29, 1.82) is 0 Å². The van der Waals surface area contributed by atoms with Crippen LogP contribution in [-0.2, 0) is 0 Å². The van der Waals surface area contributed by atoms with Crippen LogP contribution in [0.5, 0.6) is 0 Å². The zero-order chi connectivity index (χ0) is 13.8. The Labute approximate surface area is 110 Å². The van der Waals surface area contributed by atoms with Crippen LogP contribution >= 0.6 is 0 Å². The second kappa shape index (κ2) is 5.75. The summed E-state index contributed by atoms with van der Waals surface area (Å²) in [6.07, 6.45) is -3.21. The van der Waals surface area contributed by atoms with Crippen molar-refractivity contribution < 1.29 is 20.1 Å². The Kier molecular flexibility index (Phi) is 4.06. The maximum Gasteiger partial charge on any atom is 0.193 e. The van der Waals surface area contributed by atoms with E-state index in [1.165, 1.54) is 12.1 Å². The van der Waals surface area contributed by atoms with Gasteiger partial charge in [-0.1, -0.05) is 54.6 Å². The molecule has 2 aromatic rings. The average molecular weight is 258 g/mol. The second-order valence-electron chi connectivity index (χ2n) is 4.18. The number of carbonyl (C=O) groups is 1. The first-order valence-electron chi connectivity index (χ1n) is 5.83. The summed E-state index contributed by atoms with van der Waals surface area (Å²) in [5.74, 6) is -0.119. The predicted molar refractivity (Wildman–Crippen MR) is 69.5 cm³/mol. The Morgan fingerprint density at radius 1 is 0.789 bits per heavy atom. The third-order valence-electron chi connectivity index (χ3n) is 2.83. The predicted octanol–water partition coefficient (Wildman–Crippen LogP) is 1.26. The van der Waals surface area contributed by atoms with Gasteiger partial charge in [-0.2, -0.15) is 0 Å². The summed E-state index contributed by atoms with van der Waals surface area (Å²) in [4.78, 5) is 12.1. The topological polar surface area (TPSA) is 77.8 Å². The van der Waals surface area contributed by atoms with Crippen molar-refractivity contribution >= 4 is 5.78 Å². The molecule has 0 aromatic heterocycles. The summed E-state index contributed by atoms with van der Waals surface area (Å²) < 4.78 is 0. The fraction of sp³-hybridized carbons (Fsp3) is 0.133. The van der Waals surface area contributed by atoms with E-state index in [9.17, 15) is 9.90 Å². The van der Waals surface area contributed by atoms with Gasteiger partial charge < -0.3 is 15.3 Å². The third kappa shape index (κ3) is 3.06. The number of benzene rings is 2. The van der Waals surface area contributed by atoms with E-state index >= 15 is 0 Å². The molecule has 2 aromatic carbocycles. The van der Waals surface area contributed by atoms with Gasteiger partial charge in [0, 0.05) is 11.1 Å². The van der Waals surface area contributed by atoms with Gasteiger partial charge in [-0.05, 0) is 5.56 Å². The van der Waals surface area contributed by atoms with Crippen LogP contribution in [0.3, 0.4) is 0 Å². The quantitative estimate of drug-likeness (QED) is 0.570. The van der Waals surface area contributed by atoms with E-state index in [0.29, 0.717) is 16.7 Å². The summed E-state index contributed by atoms with van der Waals surface area (Å²) in [6, 6.07) is 15.0. The number of aliphatic hydroxyl groups is 3. The molecule has 1 atom stereocenters. The molecule has 0 amide bonds. The Morgan fingerprint density at radius 2 is 1.32 bits per heavy atom. The Hall–Kier alpha value is -2.01. The van der Waals surface area contributed by atoms with Crippen LogP contribution in [-0.4, -0.2) is 27.4 Å². The lowest BCUT2D eigenvalue weighted by Crippen LogP contribution is -2.17. The highest BCUT2D eigenvalue weighted by molar-refractivity contribution is 6.08. The van der Waals surface area contributed by atoms with Crippen molar-refractivity contribution in [3.8, 4) is 0 Å². The van der Waals surface area contributed by atoms with E-state index in [0.717, 1.165) is 0 Å². The van der Waals surface area contributed by atoms with E-state index in [1.54, 1.807) is 36.4 Å². The van der Waals surface area contributed by atoms with E-state index in [1.807, 2.05) is 6.07 Å². The van der Waals surface area contributed by atoms with Crippen molar-refractivity contribution in [3.63, 3.8) is 0 Å². The minimum atomic E-state index is -1.84. The van der Waals surface area contributed by atoms with Crippen LogP contribution in [0.2, 0.25) is 0 Å². The van der Waals surface area contributed by atoms with E-state index in [2.05, 4.69) is 0 Å². The van der Waals surface area contributed by atoms with Gasteiger partial charge >= 0.3 is 0 Å². The summed E-state index contributed by atoms with van der Waals surface area (Å²) >= 11 is 0. The smallest absolute Gasteiger partial charge is 0.193 e. The van der Waals surface area contributed by atoms with E-state index < -0.39 is 12.4 Å². The number of ketones is 1. The standard InChI is InChI=1S/C15H14O4/c16-13(10-4-2-1-3-5-10)11-6-8-12(9-7-11)14(17)15(18)19/h1-9,14-15,17-19H. The van der Waals surface area contributed by atoms with Crippen LogP contribution in [0.15, 0.2) is 54.6 Å². The normalized spacial score (nSPS) is 12.4. The minimum absolute atomic E-state index is 0.119. The fourth-order valence-corrected chi connectivity index (χ4v) is 1.76. The van der Waals surface area contributed by atoms with Gasteiger partial charge in [0.1, 0.15) is 6.10 Å². The lowest BCUT2D eigenvalue weighted by Gasteiger charge is -2.13. The van der Waals surface area contributed by atoms with E-state index in [-0.39, 0.29) is 5.78 Å². The van der Waals surface area contributed by atoms with Crippen molar-refractivity contribution in [3.05, 3.63) is 71.3 Å². The van der Waals surface area contributed by atoms with Gasteiger partial charge in [-0.25, -0.2) is 0 Å². The molecule has 0 aliphatic rings. The van der Waals surface area contributed by atoms with Crippen molar-refractivity contribution in [2.75, 3.05) is 0 Å². The number of hydrogen-bond acceptors (Lipinski definition) is 4. The first kappa shape index (κ1) is 13.4. The SMILES string of the molecule is O=C(c1ccccc1)c1ccc(C(O)C(O)O)cc1. The number of carbonyl (C=O) groups excluding carboxylic acids is 1. The fourth-order valence-electron chi connectivity index (χ4n) is 1.76. The molecule has 3 N–H and O–H groups in total. The molecule has 0 bridgehead atoms.